The van der Waals surface area contributed by atoms with Crippen molar-refractivity contribution in [3.8, 4) is 0 Å². The molecule has 2 nitrogen and oxygen atoms in total. The highest BCUT2D eigenvalue weighted by Gasteiger charge is 2.34. The number of nitrogens with one attached hydrogen (secondary N) is 2. The van der Waals surface area contributed by atoms with Crippen molar-refractivity contribution in [1.82, 2.24) is 5.32 Å². The number of halogens is 3. The lowest BCUT2D eigenvalue weighted by molar-refractivity contribution is -0.137. The Labute approximate surface area is 110 Å². The Kier molecular flexibility index (Phi) is 3.17. The van der Waals surface area contributed by atoms with Crippen LogP contribution in [0, 0.1) is 0 Å². The third kappa shape index (κ3) is 2.43. The van der Waals surface area contributed by atoms with E-state index < -0.39 is 11.7 Å². The molecular formula is C14H17F3N2. The molecule has 2 atom stereocenters. The molecule has 0 aliphatic carbocycles. The first-order chi connectivity index (χ1) is 9.05. The van der Waals surface area contributed by atoms with Gasteiger partial charge in [-0.05, 0) is 49.6 Å². The average molecular weight is 270 g/mol. The maximum atomic E-state index is 12.8. The smallest absolute Gasteiger partial charge is 0.385 e. The SMILES string of the molecule is FC(F)(F)c1ccc2c(c1)C(C1CCCN1)CCN2. The van der Waals surface area contributed by atoms with Crippen molar-refractivity contribution in [2.75, 3.05) is 18.4 Å². The molecule has 0 spiro atoms. The third-order valence-corrected chi connectivity index (χ3v) is 4.13. The van der Waals surface area contributed by atoms with Gasteiger partial charge in [0.15, 0.2) is 0 Å². The quantitative estimate of drug-likeness (QED) is 0.817. The minimum absolute atomic E-state index is 0.195. The van der Waals surface area contributed by atoms with E-state index in [1.165, 1.54) is 6.07 Å². The minimum atomic E-state index is -4.26. The Morgan fingerprint density at radius 2 is 1.95 bits per heavy atom. The highest BCUT2D eigenvalue weighted by molar-refractivity contribution is 5.57. The second-order valence-electron chi connectivity index (χ2n) is 5.32. The first kappa shape index (κ1) is 12.8. The van der Waals surface area contributed by atoms with E-state index >= 15 is 0 Å². The van der Waals surface area contributed by atoms with Crippen LogP contribution in [0.5, 0.6) is 0 Å². The minimum Gasteiger partial charge on any atom is -0.385 e. The summed E-state index contributed by atoms with van der Waals surface area (Å²) in [5.41, 5.74) is 1.14. The van der Waals surface area contributed by atoms with Gasteiger partial charge in [0, 0.05) is 24.2 Å². The zero-order valence-electron chi connectivity index (χ0n) is 10.6. The standard InChI is InChI=1S/C14H17F3N2/c15-14(16,17)9-3-4-13-11(8-9)10(5-7-19-13)12-2-1-6-18-12/h3-4,8,10,12,18-19H,1-2,5-7H2. The van der Waals surface area contributed by atoms with Gasteiger partial charge in [0.25, 0.3) is 0 Å². The van der Waals surface area contributed by atoms with Crippen molar-refractivity contribution in [2.45, 2.75) is 37.4 Å². The number of hydrogen-bond donors (Lipinski definition) is 2. The molecular weight excluding hydrogens is 253 g/mol. The van der Waals surface area contributed by atoms with Crippen LogP contribution in [0.15, 0.2) is 18.2 Å². The van der Waals surface area contributed by atoms with E-state index in [2.05, 4.69) is 10.6 Å². The highest BCUT2D eigenvalue weighted by atomic mass is 19.4. The van der Waals surface area contributed by atoms with Gasteiger partial charge in [-0.15, -0.1) is 0 Å². The summed E-state index contributed by atoms with van der Waals surface area (Å²) >= 11 is 0. The molecule has 1 aromatic rings. The zero-order chi connectivity index (χ0) is 13.5. The topological polar surface area (TPSA) is 24.1 Å². The summed E-state index contributed by atoms with van der Waals surface area (Å²) < 4.78 is 38.5. The van der Waals surface area contributed by atoms with E-state index in [1.54, 1.807) is 6.07 Å². The molecule has 19 heavy (non-hydrogen) atoms. The van der Waals surface area contributed by atoms with E-state index in [9.17, 15) is 13.2 Å². The summed E-state index contributed by atoms with van der Waals surface area (Å²) in [7, 11) is 0. The molecule has 2 unspecified atom stereocenters. The molecule has 2 N–H and O–H groups in total. The van der Waals surface area contributed by atoms with E-state index in [0.29, 0.717) is 6.04 Å². The number of fused-ring (bicyclic) bond motifs is 1. The van der Waals surface area contributed by atoms with Gasteiger partial charge in [0.2, 0.25) is 0 Å². The van der Waals surface area contributed by atoms with Crippen LogP contribution in [0.4, 0.5) is 18.9 Å². The van der Waals surface area contributed by atoms with Crippen LogP contribution in [0.25, 0.3) is 0 Å². The molecule has 104 valence electrons. The lowest BCUT2D eigenvalue weighted by Gasteiger charge is -2.31. The Morgan fingerprint density at radius 3 is 2.63 bits per heavy atom. The summed E-state index contributed by atoms with van der Waals surface area (Å²) in [5.74, 6) is 0.195. The van der Waals surface area contributed by atoms with E-state index in [-0.39, 0.29) is 5.92 Å². The zero-order valence-corrected chi connectivity index (χ0v) is 10.6. The van der Waals surface area contributed by atoms with Crippen LogP contribution in [0.1, 0.15) is 36.3 Å². The third-order valence-electron chi connectivity index (χ3n) is 4.13. The van der Waals surface area contributed by atoms with Gasteiger partial charge in [-0.25, -0.2) is 0 Å². The molecule has 2 aliphatic heterocycles. The maximum absolute atomic E-state index is 12.8. The first-order valence-electron chi connectivity index (χ1n) is 6.74. The Hall–Kier alpha value is -1.23. The molecule has 0 saturated carbocycles. The molecule has 2 heterocycles. The van der Waals surface area contributed by atoms with E-state index in [0.717, 1.165) is 49.7 Å². The largest absolute Gasteiger partial charge is 0.416 e. The van der Waals surface area contributed by atoms with Crippen molar-refractivity contribution >= 4 is 5.69 Å². The summed E-state index contributed by atoms with van der Waals surface area (Å²) in [6.07, 6.45) is -1.20. The number of alkyl halides is 3. The van der Waals surface area contributed by atoms with Gasteiger partial charge >= 0.3 is 6.18 Å². The van der Waals surface area contributed by atoms with Gasteiger partial charge in [-0.1, -0.05) is 0 Å². The molecule has 2 aliphatic rings. The summed E-state index contributed by atoms with van der Waals surface area (Å²) in [5, 5.41) is 6.62. The van der Waals surface area contributed by atoms with Crippen LogP contribution in [-0.2, 0) is 6.18 Å². The Bertz CT molecular complexity index is 464. The number of hydrogen-bond acceptors (Lipinski definition) is 2. The van der Waals surface area contributed by atoms with Crippen molar-refractivity contribution in [3.63, 3.8) is 0 Å². The average Bonchev–Trinajstić information content (AvgIpc) is 2.90. The van der Waals surface area contributed by atoms with Crippen molar-refractivity contribution in [1.29, 1.82) is 0 Å². The molecule has 5 heteroatoms. The molecule has 3 rings (SSSR count). The summed E-state index contributed by atoms with van der Waals surface area (Å²) in [6, 6.07) is 4.38. The predicted molar refractivity (Wildman–Crippen MR) is 68.3 cm³/mol. The monoisotopic (exact) mass is 270 g/mol. The molecule has 1 fully saturated rings. The normalized spacial score (nSPS) is 26.9. The van der Waals surface area contributed by atoms with Gasteiger partial charge in [-0.2, -0.15) is 13.2 Å². The van der Waals surface area contributed by atoms with Crippen molar-refractivity contribution in [3.05, 3.63) is 29.3 Å². The number of benzene rings is 1. The molecule has 0 bridgehead atoms. The van der Waals surface area contributed by atoms with Gasteiger partial charge < -0.3 is 10.6 Å². The highest BCUT2D eigenvalue weighted by Crippen LogP contribution is 2.40. The van der Waals surface area contributed by atoms with Gasteiger partial charge in [-0.3, -0.25) is 0 Å². The second-order valence-corrected chi connectivity index (χ2v) is 5.32. The Morgan fingerprint density at radius 1 is 1.11 bits per heavy atom. The van der Waals surface area contributed by atoms with Crippen molar-refractivity contribution < 1.29 is 13.2 Å². The fraction of sp³-hybridized carbons (Fsp3) is 0.571. The van der Waals surface area contributed by atoms with Crippen LogP contribution >= 0.6 is 0 Å². The molecule has 0 aromatic heterocycles. The fourth-order valence-corrected chi connectivity index (χ4v) is 3.20. The second kappa shape index (κ2) is 4.71. The van der Waals surface area contributed by atoms with Gasteiger partial charge in [0.1, 0.15) is 0 Å². The first-order valence-corrected chi connectivity index (χ1v) is 6.74. The molecule has 0 amide bonds. The van der Waals surface area contributed by atoms with Crippen LogP contribution in [0.2, 0.25) is 0 Å². The summed E-state index contributed by atoms with van der Waals surface area (Å²) in [6.45, 7) is 1.81. The van der Waals surface area contributed by atoms with E-state index in [4.69, 9.17) is 0 Å². The summed E-state index contributed by atoms with van der Waals surface area (Å²) in [4.78, 5) is 0. The van der Waals surface area contributed by atoms with Crippen LogP contribution in [0.3, 0.4) is 0 Å². The lowest BCUT2D eigenvalue weighted by atomic mass is 9.83. The Balaban J connectivity index is 1.97. The van der Waals surface area contributed by atoms with E-state index in [1.807, 2.05) is 0 Å². The van der Waals surface area contributed by atoms with Crippen LogP contribution < -0.4 is 10.6 Å². The van der Waals surface area contributed by atoms with Gasteiger partial charge in [0.05, 0.1) is 5.56 Å². The number of rotatable bonds is 1. The van der Waals surface area contributed by atoms with Crippen LogP contribution in [-0.4, -0.2) is 19.1 Å². The lowest BCUT2D eigenvalue weighted by Crippen LogP contribution is -2.33. The molecule has 1 aromatic carbocycles. The van der Waals surface area contributed by atoms with Crippen molar-refractivity contribution in [2.24, 2.45) is 0 Å². The molecule has 0 radical (unpaired) electrons. The maximum Gasteiger partial charge on any atom is 0.416 e. The molecule has 1 saturated heterocycles. The number of anilines is 1. The fourth-order valence-electron chi connectivity index (χ4n) is 3.20. The predicted octanol–water partition coefficient (Wildman–Crippen LogP) is 3.36.